The van der Waals surface area contributed by atoms with E-state index < -0.39 is 124 Å². The van der Waals surface area contributed by atoms with Crippen molar-refractivity contribution in [3.8, 4) is 0 Å². The predicted molar refractivity (Wildman–Crippen MR) is 272 cm³/mol. The normalized spacial score (nSPS) is 32.0. The molecule has 3 heterocycles. The van der Waals surface area contributed by atoms with Crippen LogP contribution in [0.3, 0.4) is 0 Å². The number of amides is 1. The first kappa shape index (κ1) is 65.3. The molecule has 3 rings (SSSR count). The Morgan fingerprint density at radius 2 is 0.877 bits per heavy atom. The molecule has 1 amide bonds. The van der Waals surface area contributed by atoms with Crippen molar-refractivity contribution in [1.29, 1.82) is 0 Å². The lowest BCUT2D eigenvalue weighted by atomic mass is 9.96. The van der Waals surface area contributed by atoms with Crippen LogP contribution < -0.4 is 5.32 Å². The first-order valence-electron chi connectivity index (χ1n) is 27.7. The zero-order valence-corrected chi connectivity index (χ0v) is 43.9. The zero-order valence-electron chi connectivity index (χ0n) is 43.9. The van der Waals surface area contributed by atoms with Gasteiger partial charge in [0.1, 0.15) is 73.2 Å². The van der Waals surface area contributed by atoms with Crippen molar-refractivity contribution in [2.45, 2.75) is 272 Å². The Morgan fingerprint density at radius 1 is 0.479 bits per heavy atom. The first-order chi connectivity index (χ1) is 35.3. The maximum Gasteiger partial charge on any atom is 0.220 e. The molecule has 19 heteroatoms. The molecule has 3 aliphatic rings. The van der Waals surface area contributed by atoms with Crippen LogP contribution in [0.15, 0.2) is 36.5 Å². The number of aliphatic hydroxyl groups is 11. The monoisotopic (exact) mass is 1050 g/mol. The molecule has 0 aromatic heterocycles. The molecular weight excluding hydrogens is 951 g/mol. The predicted octanol–water partition coefficient (Wildman–Crippen LogP) is 3.37. The van der Waals surface area contributed by atoms with Gasteiger partial charge < -0.3 is 89.9 Å². The zero-order chi connectivity index (χ0) is 53.4. The van der Waals surface area contributed by atoms with Crippen LogP contribution in [0.2, 0.25) is 0 Å². The molecule has 17 unspecified atom stereocenters. The second kappa shape index (κ2) is 38.5. The molecule has 3 saturated heterocycles. The van der Waals surface area contributed by atoms with Crippen LogP contribution in [0.25, 0.3) is 0 Å². The van der Waals surface area contributed by atoms with E-state index in [0.717, 1.165) is 44.9 Å². The Balaban J connectivity index is 1.55. The fraction of sp³-hybridized carbons (Fsp3) is 0.870. The maximum absolute atomic E-state index is 13.3. The number of allylic oxidation sites excluding steroid dienone is 5. The van der Waals surface area contributed by atoms with Gasteiger partial charge in [0.15, 0.2) is 18.9 Å². The largest absolute Gasteiger partial charge is 0.394 e. The van der Waals surface area contributed by atoms with E-state index in [1.807, 2.05) is 6.08 Å². The van der Waals surface area contributed by atoms with Crippen molar-refractivity contribution in [2.24, 2.45) is 0 Å². The second-order valence-corrected chi connectivity index (χ2v) is 20.0. The molecule has 17 atom stereocenters. The number of carbonyl (C=O) groups excluding carboxylic acids is 1. The van der Waals surface area contributed by atoms with E-state index in [9.17, 15) is 61.0 Å². The Labute approximate surface area is 434 Å². The molecule has 3 fully saturated rings. The molecule has 0 aliphatic carbocycles. The number of unbranched alkanes of at least 4 members (excludes halogenated alkanes) is 19. The van der Waals surface area contributed by atoms with Gasteiger partial charge in [-0.15, -0.1) is 0 Å². The molecule has 0 saturated carbocycles. The molecule has 12 N–H and O–H groups in total. The van der Waals surface area contributed by atoms with Crippen molar-refractivity contribution in [3.63, 3.8) is 0 Å². The molecule has 19 nitrogen and oxygen atoms in total. The third-order valence-corrected chi connectivity index (χ3v) is 13.9. The highest BCUT2D eigenvalue weighted by Crippen LogP contribution is 2.33. The summed E-state index contributed by atoms with van der Waals surface area (Å²) in [5, 5.41) is 120. The molecule has 0 radical (unpaired) electrons. The summed E-state index contributed by atoms with van der Waals surface area (Å²) in [6.07, 6.45) is 11.4. The highest BCUT2D eigenvalue weighted by Gasteiger charge is 2.53. The number of aliphatic hydroxyl groups excluding tert-OH is 11. The summed E-state index contributed by atoms with van der Waals surface area (Å²) in [5.74, 6) is -0.292. The number of hydrogen-bond donors (Lipinski definition) is 12. The summed E-state index contributed by atoms with van der Waals surface area (Å²) in [5.41, 5.74) is 0. The third-order valence-electron chi connectivity index (χ3n) is 13.9. The van der Waals surface area contributed by atoms with E-state index in [1.54, 1.807) is 6.08 Å². The third kappa shape index (κ3) is 23.7. The number of ether oxygens (including phenoxy) is 6. The Hall–Kier alpha value is -1.99. The van der Waals surface area contributed by atoms with E-state index in [-0.39, 0.29) is 18.9 Å². The van der Waals surface area contributed by atoms with Gasteiger partial charge in [-0.25, -0.2) is 0 Å². The maximum atomic E-state index is 13.3. The summed E-state index contributed by atoms with van der Waals surface area (Å²) < 4.78 is 34.1. The van der Waals surface area contributed by atoms with Crippen molar-refractivity contribution in [3.05, 3.63) is 36.5 Å². The first-order valence-corrected chi connectivity index (χ1v) is 27.7. The molecule has 0 aromatic rings. The van der Waals surface area contributed by atoms with Gasteiger partial charge in [-0.2, -0.15) is 0 Å². The van der Waals surface area contributed by atoms with Crippen LogP contribution in [0.5, 0.6) is 0 Å². The van der Waals surface area contributed by atoms with E-state index in [2.05, 4.69) is 43.5 Å². The minimum atomic E-state index is -1.98. The summed E-state index contributed by atoms with van der Waals surface area (Å²) in [7, 11) is 0. The van der Waals surface area contributed by atoms with Crippen LogP contribution in [0, 0.1) is 0 Å². The van der Waals surface area contributed by atoms with Gasteiger partial charge in [0.05, 0.1) is 38.6 Å². The van der Waals surface area contributed by atoms with Gasteiger partial charge in [0, 0.05) is 6.42 Å². The Bertz CT molecular complexity index is 1490. The smallest absolute Gasteiger partial charge is 0.220 e. The van der Waals surface area contributed by atoms with Crippen molar-refractivity contribution >= 4 is 5.91 Å². The average molecular weight is 1050 g/mol. The van der Waals surface area contributed by atoms with Gasteiger partial charge in [0.2, 0.25) is 5.91 Å². The standard InChI is InChI=1S/C54H97NO18/c1-3-5-7-9-11-13-15-17-18-20-22-24-26-28-30-32-42(60)55-37(38(59)31-29-27-25-23-21-19-16-14-12-10-8-6-4-2)36-68-52-48(66)45(63)50(40(34-57)70-52)73-54-49(67)46(64)51(41(35-58)71-54)72-53-47(65)44(62)43(61)39(33-56)69-53/h12,14,21,23,29,31,37-41,43-54,56-59,61-67H,3-11,13,15-20,22,24-28,30,32-36H2,1-2H3,(H,55,60)/b14-12+,23-21+,31-29+. The topological polar surface area (TPSA) is 307 Å². The van der Waals surface area contributed by atoms with E-state index in [4.69, 9.17) is 28.4 Å². The summed E-state index contributed by atoms with van der Waals surface area (Å²) in [4.78, 5) is 13.3. The quantitative estimate of drug-likeness (QED) is 0.0310. The molecule has 0 spiro atoms. The van der Waals surface area contributed by atoms with Gasteiger partial charge in [-0.05, 0) is 44.9 Å². The van der Waals surface area contributed by atoms with E-state index in [0.29, 0.717) is 12.8 Å². The molecule has 73 heavy (non-hydrogen) atoms. The minimum Gasteiger partial charge on any atom is -0.394 e. The summed E-state index contributed by atoms with van der Waals surface area (Å²) in [6.45, 7) is 1.63. The number of rotatable bonds is 39. The SMILES string of the molecule is CCCCC/C=C/CC/C=C/CC/C=C/C(O)C(COC1OC(CO)C(OC2OC(CO)C(OC3OC(CO)C(O)C(O)C3O)C(O)C2O)C(O)C1O)NC(=O)CCCCCCCCCCCCCCCCC. The average Bonchev–Trinajstić information content (AvgIpc) is 3.39. The summed E-state index contributed by atoms with van der Waals surface area (Å²) >= 11 is 0. The van der Waals surface area contributed by atoms with Crippen LogP contribution >= 0.6 is 0 Å². The van der Waals surface area contributed by atoms with Crippen molar-refractivity contribution in [2.75, 3.05) is 26.4 Å². The molecular formula is C54H97NO18. The van der Waals surface area contributed by atoms with E-state index in [1.165, 1.54) is 89.9 Å². The lowest BCUT2D eigenvalue weighted by molar-refractivity contribution is -0.379. The number of nitrogens with one attached hydrogen (secondary N) is 1. The van der Waals surface area contributed by atoms with Crippen molar-refractivity contribution < 1.29 is 89.4 Å². The van der Waals surface area contributed by atoms with Gasteiger partial charge >= 0.3 is 0 Å². The number of hydrogen-bond acceptors (Lipinski definition) is 18. The lowest BCUT2D eigenvalue weighted by Crippen LogP contribution is -2.66. The molecule has 3 aliphatic heterocycles. The van der Waals surface area contributed by atoms with Gasteiger partial charge in [-0.1, -0.05) is 153 Å². The molecule has 0 aromatic carbocycles. The summed E-state index contributed by atoms with van der Waals surface area (Å²) in [6, 6.07) is -0.991. The van der Waals surface area contributed by atoms with Gasteiger partial charge in [0.25, 0.3) is 0 Å². The van der Waals surface area contributed by atoms with Crippen LogP contribution in [-0.2, 0) is 33.2 Å². The molecule has 0 bridgehead atoms. The van der Waals surface area contributed by atoms with Crippen LogP contribution in [-0.4, -0.2) is 193 Å². The van der Waals surface area contributed by atoms with Crippen LogP contribution in [0.4, 0.5) is 0 Å². The highest BCUT2D eigenvalue weighted by atomic mass is 16.8. The number of carbonyl (C=O) groups is 1. The minimum absolute atomic E-state index is 0.234. The van der Waals surface area contributed by atoms with Crippen LogP contribution in [0.1, 0.15) is 168 Å². The Morgan fingerprint density at radius 3 is 1.37 bits per heavy atom. The van der Waals surface area contributed by atoms with Crippen molar-refractivity contribution in [1.82, 2.24) is 5.32 Å². The highest BCUT2D eigenvalue weighted by molar-refractivity contribution is 5.76. The second-order valence-electron chi connectivity index (χ2n) is 20.0. The fourth-order valence-electron chi connectivity index (χ4n) is 9.28. The lowest BCUT2D eigenvalue weighted by Gasteiger charge is -2.48. The molecule has 426 valence electrons. The fourth-order valence-corrected chi connectivity index (χ4v) is 9.28. The van der Waals surface area contributed by atoms with Gasteiger partial charge in [-0.3, -0.25) is 4.79 Å². The Kier molecular flexibility index (Phi) is 34.5. The van der Waals surface area contributed by atoms with E-state index >= 15 is 0 Å².